The van der Waals surface area contributed by atoms with Crippen molar-refractivity contribution in [2.75, 3.05) is 27.7 Å². The number of carbonyl (C=O) groups excluding carboxylic acids is 1. The second kappa shape index (κ2) is 6.64. The zero-order chi connectivity index (χ0) is 9.14. The van der Waals surface area contributed by atoms with E-state index in [1.165, 1.54) is 12.2 Å². The van der Waals surface area contributed by atoms with E-state index in [9.17, 15) is 4.79 Å². The van der Waals surface area contributed by atoms with E-state index in [0.29, 0.717) is 0 Å². The van der Waals surface area contributed by atoms with Crippen molar-refractivity contribution in [3.05, 3.63) is 6.42 Å². The zero-order valence-corrected chi connectivity index (χ0v) is 13.7. The molecule has 0 radical (unpaired) electrons. The van der Waals surface area contributed by atoms with Gasteiger partial charge in [0, 0.05) is 7.05 Å². The minimum absolute atomic E-state index is 0. The average Bonchev–Trinajstić information content (AvgIpc) is 2.48. The molecular weight excluding hydrogens is 242 g/mol. The summed E-state index contributed by atoms with van der Waals surface area (Å²) in [6.07, 6.45) is 2.99. The molecule has 1 rings (SSSR count). The standard InChI is InChI=1S/C8H15N2O2.Rb/c1-9-6-4-5-7(9)8(11)10(2)12-3;/h5,7H,4,6H2,1-3H3;/q-1;+1. The van der Waals surface area contributed by atoms with Crippen LogP contribution in [0.5, 0.6) is 0 Å². The van der Waals surface area contributed by atoms with E-state index >= 15 is 0 Å². The fraction of sp³-hybridized carbons (Fsp3) is 0.750. The van der Waals surface area contributed by atoms with Crippen molar-refractivity contribution >= 4 is 5.91 Å². The molecule has 1 aliphatic heterocycles. The molecular formula is C8H15N2O2Rb. The van der Waals surface area contributed by atoms with Gasteiger partial charge in [0.1, 0.15) is 0 Å². The normalized spacial score (nSPS) is 22.5. The van der Waals surface area contributed by atoms with Crippen LogP contribution in [0.1, 0.15) is 6.42 Å². The van der Waals surface area contributed by atoms with Crippen molar-refractivity contribution in [2.45, 2.75) is 12.5 Å². The van der Waals surface area contributed by atoms with Crippen LogP contribution >= 0.6 is 0 Å². The molecule has 1 amide bonds. The quantitative estimate of drug-likeness (QED) is 0.388. The van der Waals surface area contributed by atoms with Crippen LogP contribution in [0.25, 0.3) is 0 Å². The largest absolute Gasteiger partial charge is 1.00 e. The first-order valence-electron chi connectivity index (χ1n) is 4.02. The van der Waals surface area contributed by atoms with Gasteiger partial charge in [-0.1, -0.05) is 0 Å². The molecule has 1 unspecified atom stereocenters. The van der Waals surface area contributed by atoms with Gasteiger partial charge in [-0.15, -0.1) is 0 Å². The summed E-state index contributed by atoms with van der Waals surface area (Å²) in [7, 11) is 5.06. The third kappa shape index (κ3) is 3.68. The molecule has 4 nitrogen and oxygen atoms in total. The second-order valence-electron chi connectivity index (χ2n) is 2.97. The number of hydroxylamine groups is 2. The Morgan fingerprint density at radius 1 is 1.69 bits per heavy atom. The maximum absolute atomic E-state index is 11.5. The maximum Gasteiger partial charge on any atom is 1.00 e. The van der Waals surface area contributed by atoms with Crippen LogP contribution in [0.2, 0.25) is 0 Å². The molecule has 0 N–H and O–H groups in total. The Kier molecular flexibility index (Phi) is 7.25. The van der Waals surface area contributed by atoms with Crippen molar-refractivity contribution in [3.8, 4) is 0 Å². The molecule has 0 aromatic rings. The van der Waals surface area contributed by atoms with Crippen LogP contribution in [0.4, 0.5) is 0 Å². The van der Waals surface area contributed by atoms with Gasteiger partial charge in [0.05, 0.1) is 7.11 Å². The fourth-order valence-electron chi connectivity index (χ4n) is 1.32. The van der Waals surface area contributed by atoms with E-state index in [0.717, 1.165) is 13.0 Å². The third-order valence-corrected chi connectivity index (χ3v) is 2.18. The number of carbonyl (C=O) groups is 1. The smallest absolute Gasteiger partial charge is 0.326 e. The first-order chi connectivity index (χ1) is 5.66. The Hall–Kier alpha value is 1.20. The number of likely N-dealkylation sites (N-methyl/N-ethyl adjacent to an activating group) is 2. The molecule has 1 fully saturated rings. The van der Waals surface area contributed by atoms with Gasteiger partial charge in [0.25, 0.3) is 0 Å². The topological polar surface area (TPSA) is 32.8 Å². The summed E-state index contributed by atoms with van der Waals surface area (Å²) >= 11 is 0. The SMILES string of the molecule is CON(C)C(=O)C1[CH-]CCN1C.[Rb+]. The van der Waals surface area contributed by atoms with Crippen molar-refractivity contribution in [2.24, 2.45) is 0 Å². The molecule has 0 spiro atoms. The Bertz CT molecular complexity index is 178. The van der Waals surface area contributed by atoms with Gasteiger partial charge in [-0.25, -0.2) is 5.06 Å². The zero-order valence-electron chi connectivity index (χ0n) is 8.78. The summed E-state index contributed by atoms with van der Waals surface area (Å²) in [5.74, 6) is -0.00231. The fourth-order valence-corrected chi connectivity index (χ4v) is 1.32. The predicted molar refractivity (Wildman–Crippen MR) is 45.1 cm³/mol. The molecule has 5 heteroatoms. The van der Waals surface area contributed by atoms with Crippen molar-refractivity contribution in [1.29, 1.82) is 0 Å². The first kappa shape index (κ1) is 14.2. The van der Waals surface area contributed by atoms with Crippen molar-refractivity contribution < 1.29 is 67.8 Å². The molecule has 0 aromatic carbocycles. The molecule has 0 aromatic heterocycles. The number of likely N-dealkylation sites (tertiary alicyclic amines) is 1. The molecule has 1 atom stereocenters. The van der Waals surface area contributed by atoms with E-state index in [1.54, 1.807) is 7.05 Å². The summed E-state index contributed by atoms with van der Waals surface area (Å²) < 4.78 is 0. The van der Waals surface area contributed by atoms with Gasteiger partial charge < -0.3 is 11.3 Å². The summed E-state index contributed by atoms with van der Waals surface area (Å²) in [5.41, 5.74) is 0. The molecule has 1 saturated heterocycles. The van der Waals surface area contributed by atoms with Crippen LogP contribution in [-0.4, -0.2) is 49.7 Å². The van der Waals surface area contributed by atoms with Gasteiger partial charge in [-0.05, 0) is 19.6 Å². The van der Waals surface area contributed by atoms with Crippen molar-refractivity contribution in [1.82, 2.24) is 9.96 Å². The molecule has 1 aliphatic rings. The second-order valence-corrected chi connectivity index (χ2v) is 2.97. The molecule has 0 bridgehead atoms. The Balaban J connectivity index is 0.00000144. The molecule has 70 valence electrons. The number of hydrogen-bond acceptors (Lipinski definition) is 3. The number of hydrogen-bond donors (Lipinski definition) is 0. The van der Waals surface area contributed by atoms with E-state index in [1.807, 2.05) is 18.4 Å². The van der Waals surface area contributed by atoms with Crippen LogP contribution in [-0.2, 0) is 9.63 Å². The van der Waals surface area contributed by atoms with E-state index in [2.05, 4.69) is 0 Å². The first-order valence-corrected chi connectivity index (χ1v) is 4.02. The van der Waals surface area contributed by atoms with E-state index in [-0.39, 0.29) is 70.1 Å². The van der Waals surface area contributed by atoms with Gasteiger partial charge >= 0.3 is 58.2 Å². The summed E-state index contributed by atoms with van der Waals surface area (Å²) in [6.45, 7) is 0.952. The number of rotatable bonds is 2. The van der Waals surface area contributed by atoms with Gasteiger partial charge in [0.2, 0.25) is 5.91 Å². The summed E-state index contributed by atoms with van der Waals surface area (Å²) in [4.78, 5) is 18.3. The van der Waals surface area contributed by atoms with Crippen molar-refractivity contribution in [3.63, 3.8) is 0 Å². The third-order valence-electron chi connectivity index (χ3n) is 2.18. The number of nitrogens with zero attached hydrogens (tertiary/aromatic N) is 2. The molecule has 13 heavy (non-hydrogen) atoms. The Morgan fingerprint density at radius 2 is 2.31 bits per heavy atom. The summed E-state index contributed by atoms with van der Waals surface area (Å²) in [6, 6.07) is -0.102. The Labute approximate surface area is 128 Å². The minimum atomic E-state index is -0.102. The van der Waals surface area contributed by atoms with Crippen LogP contribution in [0.3, 0.4) is 0 Å². The van der Waals surface area contributed by atoms with Crippen LogP contribution in [0, 0.1) is 6.42 Å². The van der Waals surface area contributed by atoms with E-state index in [4.69, 9.17) is 4.84 Å². The van der Waals surface area contributed by atoms with Crippen LogP contribution in [0.15, 0.2) is 0 Å². The monoisotopic (exact) mass is 256 g/mol. The molecule has 0 saturated carbocycles. The Morgan fingerprint density at radius 3 is 2.69 bits per heavy atom. The average molecular weight is 257 g/mol. The molecule has 1 heterocycles. The molecule has 0 aliphatic carbocycles. The van der Waals surface area contributed by atoms with Gasteiger partial charge in [-0.3, -0.25) is 9.63 Å². The number of amides is 1. The van der Waals surface area contributed by atoms with Crippen LogP contribution < -0.4 is 58.2 Å². The van der Waals surface area contributed by atoms with Gasteiger partial charge in [0.15, 0.2) is 0 Å². The maximum atomic E-state index is 11.5. The minimum Gasteiger partial charge on any atom is -0.326 e. The van der Waals surface area contributed by atoms with Gasteiger partial charge in [-0.2, -0.15) is 6.42 Å². The van der Waals surface area contributed by atoms with E-state index < -0.39 is 0 Å². The predicted octanol–water partition coefficient (Wildman–Crippen LogP) is -3.08. The summed E-state index contributed by atoms with van der Waals surface area (Å²) in [5, 5.41) is 1.27.